The summed E-state index contributed by atoms with van der Waals surface area (Å²) in [7, 11) is 0. The van der Waals surface area contributed by atoms with Crippen LogP contribution in [-0.4, -0.2) is 41.1 Å². The molecule has 0 saturated heterocycles. The van der Waals surface area contributed by atoms with Crippen molar-refractivity contribution in [2.45, 2.75) is 6.43 Å². The lowest BCUT2D eigenvalue weighted by Gasteiger charge is -2.04. The van der Waals surface area contributed by atoms with Crippen molar-refractivity contribution in [1.29, 1.82) is 0 Å². The van der Waals surface area contributed by atoms with Gasteiger partial charge in [-0.2, -0.15) is 0 Å². The Labute approximate surface area is 95.0 Å². The van der Waals surface area contributed by atoms with Gasteiger partial charge in [0.2, 0.25) is 5.95 Å². The second-order valence-corrected chi connectivity index (χ2v) is 2.91. The van der Waals surface area contributed by atoms with Gasteiger partial charge in [0, 0.05) is 6.54 Å². The molecule has 0 aliphatic rings. The van der Waals surface area contributed by atoms with Gasteiger partial charge in [0.05, 0.1) is 11.5 Å². The average molecular weight is 248 g/mol. The summed E-state index contributed by atoms with van der Waals surface area (Å²) in [6, 6.07) is 0. The first-order valence-electron chi connectivity index (χ1n) is 4.66. The lowest BCUT2D eigenvalue weighted by molar-refractivity contribution is -0.385. The van der Waals surface area contributed by atoms with E-state index in [2.05, 4.69) is 20.0 Å². The van der Waals surface area contributed by atoms with Crippen LogP contribution in [0.3, 0.4) is 0 Å². The van der Waals surface area contributed by atoms with Crippen LogP contribution >= 0.6 is 0 Å². The third-order valence-electron chi connectivity index (χ3n) is 1.62. The molecule has 9 heteroatoms. The van der Waals surface area contributed by atoms with Gasteiger partial charge in [0.25, 0.3) is 6.43 Å². The SMILES string of the molecule is O=[N+]([O-])c1cnc(NCCOCC(F)F)nc1. The third-order valence-corrected chi connectivity index (χ3v) is 1.62. The Bertz CT molecular complexity index is 360. The molecule has 94 valence electrons. The number of alkyl halides is 2. The molecule has 0 aliphatic heterocycles. The van der Waals surface area contributed by atoms with E-state index >= 15 is 0 Å². The van der Waals surface area contributed by atoms with Crippen molar-refractivity contribution in [3.8, 4) is 0 Å². The summed E-state index contributed by atoms with van der Waals surface area (Å²) in [5, 5.41) is 13.0. The number of rotatable bonds is 7. The monoisotopic (exact) mass is 248 g/mol. The molecule has 1 aromatic heterocycles. The number of anilines is 1. The molecule has 1 rings (SSSR count). The molecule has 0 atom stereocenters. The fourth-order valence-corrected chi connectivity index (χ4v) is 0.914. The highest BCUT2D eigenvalue weighted by Crippen LogP contribution is 2.07. The number of nitrogens with one attached hydrogen (secondary N) is 1. The number of aromatic nitrogens is 2. The lowest BCUT2D eigenvalue weighted by Crippen LogP contribution is -2.14. The van der Waals surface area contributed by atoms with Crippen molar-refractivity contribution in [2.75, 3.05) is 25.1 Å². The number of nitro groups is 1. The maximum absolute atomic E-state index is 11.7. The van der Waals surface area contributed by atoms with E-state index in [1.807, 2.05) is 0 Å². The number of hydrogen-bond acceptors (Lipinski definition) is 6. The van der Waals surface area contributed by atoms with Crippen LogP contribution in [-0.2, 0) is 4.74 Å². The summed E-state index contributed by atoms with van der Waals surface area (Å²) in [5.74, 6) is 0.177. The molecule has 0 saturated carbocycles. The largest absolute Gasteiger partial charge is 0.374 e. The zero-order valence-electron chi connectivity index (χ0n) is 8.68. The van der Waals surface area contributed by atoms with Crippen molar-refractivity contribution in [3.05, 3.63) is 22.5 Å². The molecule has 0 aromatic carbocycles. The zero-order valence-corrected chi connectivity index (χ0v) is 8.68. The van der Waals surface area contributed by atoms with E-state index in [9.17, 15) is 18.9 Å². The van der Waals surface area contributed by atoms with Gasteiger partial charge in [-0.3, -0.25) is 10.1 Å². The third kappa shape index (κ3) is 5.11. The summed E-state index contributed by atoms with van der Waals surface area (Å²) >= 11 is 0. The molecule has 1 heterocycles. The van der Waals surface area contributed by atoms with Gasteiger partial charge in [0.1, 0.15) is 19.0 Å². The fraction of sp³-hybridized carbons (Fsp3) is 0.500. The topological polar surface area (TPSA) is 90.2 Å². The van der Waals surface area contributed by atoms with Crippen molar-refractivity contribution in [1.82, 2.24) is 9.97 Å². The molecule has 7 nitrogen and oxygen atoms in total. The minimum Gasteiger partial charge on any atom is -0.374 e. The van der Waals surface area contributed by atoms with E-state index in [4.69, 9.17) is 0 Å². The Balaban J connectivity index is 2.25. The fourth-order valence-electron chi connectivity index (χ4n) is 0.914. The van der Waals surface area contributed by atoms with Gasteiger partial charge in [-0.1, -0.05) is 0 Å². The highest BCUT2D eigenvalue weighted by molar-refractivity contribution is 5.30. The molecule has 0 amide bonds. The summed E-state index contributed by atoms with van der Waals surface area (Å²) < 4.78 is 27.9. The van der Waals surface area contributed by atoms with E-state index in [0.29, 0.717) is 0 Å². The minimum atomic E-state index is -2.49. The maximum Gasteiger partial charge on any atom is 0.305 e. The molecule has 1 N–H and O–H groups in total. The van der Waals surface area contributed by atoms with Gasteiger partial charge < -0.3 is 10.1 Å². The molecule has 0 fully saturated rings. The zero-order chi connectivity index (χ0) is 12.7. The van der Waals surface area contributed by atoms with Crippen LogP contribution in [0.2, 0.25) is 0 Å². The predicted octanol–water partition coefficient (Wildman–Crippen LogP) is 1.08. The molecule has 0 unspecified atom stereocenters. The van der Waals surface area contributed by atoms with Crippen molar-refractivity contribution in [2.24, 2.45) is 0 Å². The van der Waals surface area contributed by atoms with E-state index < -0.39 is 18.0 Å². The molecule has 0 bridgehead atoms. The summed E-state index contributed by atoms with van der Waals surface area (Å²) in [4.78, 5) is 17.0. The van der Waals surface area contributed by atoms with Crippen LogP contribution in [0.5, 0.6) is 0 Å². The van der Waals surface area contributed by atoms with Crippen LogP contribution in [0.4, 0.5) is 20.4 Å². The van der Waals surface area contributed by atoms with E-state index in [1.165, 1.54) is 0 Å². The number of ether oxygens (including phenoxy) is 1. The number of hydrogen-bond donors (Lipinski definition) is 1. The first kappa shape index (κ1) is 13.2. The summed E-state index contributed by atoms with van der Waals surface area (Å²) in [5.41, 5.74) is -0.218. The van der Waals surface area contributed by atoms with Crippen molar-refractivity contribution < 1.29 is 18.4 Å². The van der Waals surface area contributed by atoms with Crippen LogP contribution in [0.25, 0.3) is 0 Å². The Morgan fingerprint density at radius 3 is 2.65 bits per heavy atom. The van der Waals surface area contributed by atoms with Gasteiger partial charge in [-0.15, -0.1) is 0 Å². The van der Waals surface area contributed by atoms with E-state index in [1.54, 1.807) is 0 Å². The van der Waals surface area contributed by atoms with E-state index in [0.717, 1.165) is 12.4 Å². The Morgan fingerprint density at radius 1 is 1.47 bits per heavy atom. The normalized spacial score (nSPS) is 10.5. The van der Waals surface area contributed by atoms with Crippen molar-refractivity contribution in [3.63, 3.8) is 0 Å². The predicted molar refractivity (Wildman–Crippen MR) is 54.0 cm³/mol. The molecule has 17 heavy (non-hydrogen) atoms. The summed E-state index contributed by atoms with van der Waals surface area (Å²) in [6.07, 6.45) is -0.393. The molecule has 1 aromatic rings. The first-order valence-corrected chi connectivity index (χ1v) is 4.66. The molecule has 0 aliphatic carbocycles. The highest BCUT2D eigenvalue weighted by atomic mass is 19.3. The van der Waals surface area contributed by atoms with Gasteiger partial charge in [0.15, 0.2) is 0 Å². The maximum atomic E-state index is 11.7. The molecule has 0 spiro atoms. The molecule has 0 radical (unpaired) electrons. The Hall–Kier alpha value is -1.90. The second-order valence-electron chi connectivity index (χ2n) is 2.91. The minimum absolute atomic E-state index is 0.0741. The highest BCUT2D eigenvalue weighted by Gasteiger charge is 2.06. The van der Waals surface area contributed by atoms with Crippen LogP contribution in [0, 0.1) is 10.1 Å². The number of halogens is 2. The Morgan fingerprint density at radius 2 is 2.12 bits per heavy atom. The Kier molecular flexibility index (Phi) is 5.14. The first-order chi connectivity index (χ1) is 8.09. The second kappa shape index (κ2) is 6.63. The molecular formula is C8H10F2N4O3. The smallest absolute Gasteiger partial charge is 0.305 e. The standard InChI is InChI=1S/C8H10F2N4O3/c9-7(10)5-17-2-1-11-8-12-3-6(4-13-8)14(15)16/h3-4,7H,1-2,5H2,(H,11,12,13). The van der Waals surface area contributed by atoms with Gasteiger partial charge >= 0.3 is 5.69 Å². The van der Waals surface area contributed by atoms with Crippen LogP contribution in [0.1, 0.15) is 0 Å². The number of nitrogens with zero attached hydrogens (tertiary/aromatic N) is 3. The quantitative estimate of drug-likeness (QED) is 0.441. The average Bonchev–Trinajstić information content (AvgIpc) is 2.29. The van der Waals surface area contributed by atoms with Crippen molar-refractivity contribution >= 4 is 11.6 Å². The van der Waals surface area contributed by atoms with Gasteiger partial charge in [-0.25, -0.2) is 18.7 Å². The van der Waals surface area contributed by atoms with Gasteiger partial charge in [-0.05, 0) is 0 Å². The lowest BCUT2D eigenvalue weighted by atomic mass is 10.5. The van der Waals surface area contributed by atoms with E-state index in [-0.39, 0.29) is 24.8 Å². The van der Waals surface area contributed by atoms with Crippen LogP contribution < -0.4 is 5.32 Å². The van der Waals surface area contributed by atoms with Crippen LogP contribution in [0.15, 0.2) is 12.4 Å². The molecular weight excluding hydrogens is 238 g/mol. The summed E-state index contributed by atoms with van der Waals surface area (Å²) in [6.45, 7) is -0.308.